The molecule has 0 aromatic heterocycles. The summed E-state index contributed by atoms with van der Waals surface area (Å²) in [4.78, 5) is 12.6. The van der Waals surface area contributed by atoms with Crippen LogP contribution >= 0.6 is 0 Å². The fourth-order valence-electron chi connectivity index (χ4n) is 3.54. The summed E-state index contributed by atoms with van der Waals surface area (Å²) in [5.41, 5.74) is 3.03. The van der Waals surface area contributed by atoms with Gasteiger partial charge in [-0.25, -0.2) is 8.42 Å². The molecule has 0 bridgehead atoms. The van der Waals surface area contributed by atoms with Gasteiger partial charge in [-0.1, -0.05) is 30.3 Å². The van der Waals surface area contributed by atoms with Gasteiger partial charge < -0.3 is 10.1 Å². The number of ether oxygens (including phenoxy) is 1. The van der Waals surface area contributed by atoms with Gasteiger partial charge in [0.05, 0.1) is 18.0 Å². The molecule has 2 atom stereocenters. The highest BCUT2D eigenvalue weighted by Crippen LogP contribution is 2.34. The number of rotatable bonds is 6. The Balaban J connectivity index is 1.73. The van der Waals surface area contributed by atoms with E-state index in [2.05, 4.69) is 5.32 Å². The molecule has 27 heavy (non-hydrogen) atoms. The average molecular weight is 388 g/mol. The molecule has 1 aliphatic heterocycles. The second-order valence-corrected chi connectivity index (χ2v) is 8.66. The zero-order chi connectivity index (χ0) is 19.6. The Morgan fingerprint density at radius 1 is 1.26 bits per heavy atom. The number of anilines is 1. The second kappa shape index (κ2) is 7.70. The minimum absolute atomic E-state index is 0.149. The maximum absolute atomic E-state index is 12.6. The number of benzene rings is 2. The summed E-state index contributed by atoms with van der Waals surface area (Å²) in [5, 5.41) is 2.90. The van der Waals surface area contributed by atoms with Crippen LogP contribution in [-0.4, -0.2) is 40.3 Å². The van der Waals surface area contributed by atoms with Crippen molar-refractivity contribution >= 4 is 21.6 Å². The topological polar surface area (TPSA) is 75.7 Å². The summed E-state index contributed by atoms with van der Waals surface area (Å²) in [7, 11) is -1.73. The Morgan fingerprint density at radius 2 is 1.96 bits per heavy atom. The van der Waals surface area contributed by atoms with Gasteiger partial charge in [-0.05, 0) is 42.7 Å². The second-order valence-electron chi connectivity index (χ2n) is 6.80. The predicted molar refractivity (Wildman–Crippen MR) is 105 cm³/mol. The van der Waals surface area contributed by atoms with Crippen molar-refractivity contribution < 1.29 is 17.9 Å². The molecule has 7 heteroatoms. The minimum atomic E-state index is -3.34. The summed E-state index contributed by atoms with van der Waals surface area (Å²) in [6, 6.07) is 14.7. The van der Waals surface area contributed by atoms with Crippen LogP contribution in [0.1, 0.15) is 34.5 Å². The lowest BCUT2D eigenvalue weighted by Crippen LogP contribution is -2.34. The Labute approximate surface area is 160 Å². The summed E-state index contributed by atoms with van der Waals surface area (Å²) in [6.07, 6.45) is 1.56. The Bertz CT molecular complexity index is 928. The SMILES string of the molecule is COC(CNC(=O)c1ccc2c(c1)CC(C)N2S(C)(=O)=O)c1ccccc1. The fourth-order valence-corrected chi connectivity index (χ4v) is 4.81. The molecule has 1 heterocycles. The molecule has 1 N–H and O–H groups in total. The molecule has 2 unspecified atom stereocenters. The van der Waals surface area contributed by atoms with E-state index in [-0.39, 0.29) is 18.1 Å². The lowest BCUT2D eigenvalue weighted by molar-refractivity contribution is 0.0828. The number of amides is 1. The lowest BCUT2D eigenvalue weighted by atomic mass is 10.1. The number of carbonyl (C=O) groups excluding carboxylic acids is 1. The molecule has 0 saturated heterocycles. The molecule has 0 fully saturated rings. The van der Waals surface area contributed by atoms with Crippen LogP contribution in [0.15, 0.2) is 48.5 Å². The van der Waals surface area contributed by atoms with Crippen LogP contribution in [0, 0.1) is 0 Å². The zero-order valence-corrected chi connectivity index (χ0v) is 16.5. The molecular weight excluding hydrogens is 364 g/mol. The highest BCUT2D eigenvalue weighted by atomic mass is 32.2. The molecule has 0 aliphatic carbocycles. The quantitative estimate of drug-likeness (QED) is 0.825. The van der Waals surface area contributed by atoms with Gasteiger partial charge in [-0.15, -0.1) is 0 Å². The number of sulfonamides is 1. The summed E-state index contributed by atoms with van der Waals surface area (Å²) >= 11 is 0. The molecule has 2 aromatic rings. The van der Waals surface area contributed by atoms with Crippen LogP contribution in [0.25, 0.3) is 0 Å². The predicted octanol–water partition coefficient (Wildman–Crippen LogP) is 2.51. The Hall–Kier alpha value is -2.38. The lowest BCUT2D eigenvalue weighted by Gasteiger charge is -2.22. The highest BCUT2D eigenvalue weighted by molar-refractivity contribution is 7.92. The van der Waals surface area contributed by atoms with Gasteiger partial charge in [0.15, 0.2) is 0 Å². The number of hydrogen-bond donors (Lipinski definition) is 1. The maximum Gasteiger partial charge on any atom is 0.251 e. The monoisotopic (exact) mass is 388 g/mol. The van der Waals surface area contributed by atoms with E-state index in [9.17, 15) is 13.2 Å². The Kier molecular flexibility index (Phi) is 5.53. The summed E-state index contributed by atoms with van der Waals surface area (Å²) in [6.45, 7) is 2.21. The van der Waals surface area contributed by atoms with Crippen molar-refractivity contribution in [2.45, 2.75) is 25.5 Å². The molecule has 1 amide bonds. The number of fused-ring (bicyclic) bond motifs is 1. The van der Waals surface area contributed by atoms with E-state index >= 15 is 0 Å². The molecule has 2 aromatic carbocycles. The van der Waals surface area contributed by atoms with Crippen LogP contribution in [0.5, 0.6) is 0 Å². The van der Waals surface area contributed by atoms with E-state index < -0.39 is 10.0 Å². The van der Waals surface area contributed by atoms with E-state index in [0.29, 0.717) is 24.2 Å². The van der Waals surface area contributed by atoms with Crippen molar-refractivity contribution in [2.24, 2.45) is 0 Å². The molecule has 0 saturated carbocycles. The number of nitrogens with zero attached hydrogens (tertiary/aromatic N) is 1. The number of hydrogen-bond acceptors (Lipinski definition) is 4. The molecule has 1 aliphatic rings. The first-order chi connectivity index (χ1) is 12.8. The van der Waals surface area contributed by atoms with Crippen LogP contribution in [0.2, 0.25) is 0 Å². The van der Waals surface area contributed by atoms with Crippen molar-refractivity contribution in [3.05, 3.63) is 65.2 Å². The third-order valence-corrected chi connectivity index (χ3v) is 6.03. The van der Waals surface area contributed by atoms with Gasteiger partial charge in [0.1, 0.15) is 0 Å². The first kappa shape index (κ1) is 19.4. The Morgan fingerprint density at radius 3 is 2.59 bits per heavy atom. The van der Waals surface area contributed by atoms with Crippen molar-refractivity contribution in [2.75, 3.05) is 24.2 Å². The van der Waals surface area contributed by atoms with E-state index in [1.807, 2.05) is 37.3 Å². The standard InChI is InChI=1S/C20H24N2O4S/c1-14-11-17-12-16(9-10-18(17)22(14)27(3,24)25)20(23)21-13-19(26-2)15-7-5-4-6-8-15/h4-10,12,14,19H,11,13H2,1-3H3,(H,21,23). The van der Waals surface area contributed by atoms with Gasteiger partial charge in [0.25, 0.3) is 5.91 Å². The van der Waals surface area contributed by atoms with Gasteiger partial charge in [-0.2, -0.15) is 0 Å². The third kappa shape index (κ3) is 4.14. The van der Waals surface area contributed by atoms with Crippen LogP contribution in [-0.2, 0) is 21.2 Å². The molecule has 0 radical (unpaired) electrons. The van der Waals surface area contributed by atoms with Crippen molar-refractivity contribution in [3.63, 3.8) is 0 Å². The van der Waals surface area contributed by atoms with Crippen LogP contribution < -0.4 is 9.62 Å². The van der Waals surface area contributed by atoms with Crippen LogP contribution in [0.3, 0.4) is 0 Å². The first-order valence-corrected chi connectivity index (χ1v) is 10.6. The van der Waals surface area contributed by atoms with Crippen molar-refractivity contribution in [1.82, 2.24) is 5.32 Å². The normalized spacial score (nSPS) is 17.4. The molecular formula is C20H24N2O4S. The number of carbonyl (C=O) groups is 1. The fraction of sp³-hybridized carbons (Fsp3) is 0.350. The van der Waals surface area contributed by atoms with E-state index in [1.165, 1.54) is 10.6 Å². The van der Waals surface area contributed by atoms with Gasteiger partial charge in [-0.3, -0.25) is 9.10 Å². The summed E-state index contributed by atoms with van der Waals surface area (Å²) in [5.74, 6) is -0.207. The van der Waals surface area contributed by atoms with Gasteiger partial charge in [0.2, 0.25) is 10.0 Å². The smallest absolute Gasteiger partial charge is 0.251 e. The highest BCUT2D eigenvalue weighted by Gasteiger charge is 2.32. The van der Waals surface area contributed by atoms with Crippen LogP contribution in [0.4, 0.5) is 5.69 Å². The molecule has 144 valence electrons. The number of nitrogens with one attached hydrogen (secondary N) is 1. The number of methoxy groups -OCH3 is 1. The van der Waals surface area contributed by atoms with Crippen molar-refractivity contribution in [1.29, 1.82) is 0 Å². The third-order valence-electron chi connectivity index (χ3n) is 4.76. The first-order valence-electron chi connectivity index (χ1n) is 8.79. The maximum atomic E-state index is 12.6. The van der Waals surface area contributed by atoms with E-state index in [4.69, 9.17) is 4.74 Å². The minimum Gasteiger partial charge on any atom is -0.375 e. The van der Waals surface area contributed by atoms with Crippen molar-refractivity contribution in [3.8, 4) is 0 Å². The average Bonchev–Trinajstić information content (AvgIpc) is 2.98. The van der Waals surface area contributed by atoms with Gasteiger partial charge in [0, 0.05) is 25.3 Å². The van der Waals surface area contributed by atoms with Gasteiger partial charge >= 0.3 is 0 Å². The summed E-state index contributed by atoms with van der Waals surface area (Å²) < 4.78 is 30.9. The molecule has 6 nitrogen and oxygen atoms in total. The molecule has 0 spiro atoms. The largest absolute Gasteiger partial charge is 0.375 e. The van der Waals surface area contributed by atoms with E-state index in [1.54, 1.807) is 25.3 Å². The van der Waals surface area contributed by atoms with E-state index in [0.717, 1.165) is 11.1 Å². The molecule has 3 rings (SSSR count). The zero-order valence-electron chi connectivity index (χ0n) is 15.7.